The third-order valence-electron chi connectivity index (χ3n) is 3.16. The molecule has 0 saturated carbocycles. The second-order valence-corrected chi connectivity index (χ2v) is 5.45. The van der Waals surface area contributed by atoms with E-state index in [4.69, 9.17) is 20.8 Å². The van der Waals surface area contributed by atoms with Crippen LogP contribution < -0.4 is 10.1 Å². The largest absolute Gasteiger partial charge is 0.482 e. The maximum absolute atomic E-state index is 12.1. The monoisotopic (exact) mass is 343 g/mol. The topological polar surface area (TPSA) is 77.2 Å². The number of para-hydroxylation sites is 1. The van der Waals surface area contributed by atoms with Crippen molar-refractivity contribution in [3.8, 4) is 5.75 Å². The lowest BCUT2D eigenvalue weighted by Crippen LogP contribution is -2.12. The molecule has 0 radical (unpaired) electrons. The van der Waals surface area contributed by atoms with E-state index < -0.39 is 0 Å². The number of hydrogen-bond donors (Lipinski definition) is 1. The van der Waals surface area contributed by atoms with Crippen LogP contribution in [0.25, 0.3) is 0 Å². The van der Waals surface area contributed by atoms with Crippen molar-refractivity contribution in [1.82, 2.24) is 10.2 Å². The first kappa shape index (κ1) is 16.0. The summed E-state index contributed by atoms with van der Waals surface area (Å²) in [5, 5.41) is 10.6. The average molecular weight is 344 g/mol. The highest BCUT2D eigenvalue weighted by molar-refractivity contribution is 6.32. The standard InChI is InChI=1S/C17H14ClN3O3/c1-11-5-4-6-12(9-11)16(22)19-17-21-20-15(24-17)10-23-14-8-3-2-7-13(14)18/h2-9H,10H2,1H3,(H,19,21,22). The molecule has 0 atom stereocenters. The van der Waals surface area contributed by atoms with Gasteiger partial charge in [-0.2, -0.15) is 0 Å². The molecule has 0 unspecified atom stereocenters. The molecule has 2 aromatic carbocycles. The van der Waals surface area contributed by atoms with Gasteiger partial charge in [0.25, 0.3) is 11.8 Å². The Labute approximate surface area is 143 Å². The lowest BCUT2D eigenvalue weighted by molar-refractivity contribution is 0.102. The van der Waals surface area contributed by atoms with Gasteiger partial charge in [0.15, 0.2) is 6.61 Å². The van der Waals surface area contributed by atoms with E-state index in [0.717, 1.165) is 5.56 Å². The summed E-state index contributed by atoms with van der Waals surface area (Å²) < 4.78 is 10.8. The molecular formula is C17H14ClN3O3. The first-order valence-electron chi connectivity index (χ1n) is 7.19. The Morgan fingerprint density at radius 3 is 2.83 bits per heavy atom. The number of carbonyl (C=O) groups is 1. The minimum atomic E-state index is -0.319. The lowest BCUT2D eigenvalue weighted by Gasteiger charge is -2.04. The van der Waals surface area contributed by atoms with Crippen molar-refractivity contribution < 1.29 is 13.9 Å². The number of nitrogens with one attached hydrogen (secondary N) is 1. The van der Waals surface area contributed by atoms with Gasteiger partial charge in [-0.05, 0) is 31.2 Å². The molecule has 0 aliphatic carbocycles. The number of nitrogens with zero attached hydrogens (tertiary/aromatic N) is 2. The van der Waals surface area contributed by atoms with Crippen LogP contribution >= 0.6 is 11.6 Å². The Balaban J connectivity index is 1.61. The molecule has 0 aliphatic rings. The van der Waals surface area contributed by atoms with Crippen LogP contribution in [0.5, 0.6) is 5.75 Å². The third-order valence-corrected chi connectivity index (χ3v) is 3.47. The van der Waals surface area contributed by atoms with Gasteiger partial charge < -0.3 is 9.15 Å². The first-order chi connectivity index (χ1) is 11.6. The molecule has 0 aliphatic heterocycles. The summed E-state index contributed by atoms with van der Waals surface area (Å²) in [4.78, 5) is 12.1. The number of carbonyl (C=O) groups excluding carboxylic acids is 1. The maximum Gasteiger partial charge on any atom is 0.322 e. The van der Waals surface area contributed by atoms with Gasteiger partial charge in [0.2, 0.25) is 0 Å². The summed E-state index contributed by atoms with van der Waals surface area (Å²) in [6.45, 7) is 1.96. The van der Waals surface area contributed by atoms with Crippen LogP contribution in [0.3, 0.4) is 0 Å². The van der Waals surface area contributed by atoms with Crippen molar-refractivity contribution in [3.05, 3.63) is 70.6 Å². The van der Waals surface area contributed by atoms with E-state index in [1.54, 1.807) is 36.4 Å². The van der Waals surface area contributed by atoms with Crippen LogP contribution in [-0.4, -0.2) is 16.1 Å². The third kappa shape index (κ3) is 3.91. The molecule has 0 bridgehead atoms. The Bertz CT molecular complexity index is 864. The van der Waals surface area contributed by atoms with E-state index in [0.29, 0.717) is 16.3 Å². The van der Waals surface area contributed by atoms with E-state index in [9.17, 15) is 4.79 Å². The molecule has 7 heteroatoms. The number of aromatic nitrogens is 2. The number of anilines is 1. The van der Waals surface area contributed by atoms with Crippen LogP contribution in [0.2, 0.25) is 5.02 Å². The van der Waals surface area contributed by atoms with Gasteiger partial charge in [-0.3, -0.25) is 10.1 Å². The average Bonchev–Trinajstić information content (AvgIpc) is 3.01. The molecule has 0 fully saturated rings. The number of aryl methyl sites for hydroxylation is 1. The highest BCUT2D eigenvalue weighted by atomic mass is 35.5. The highest BCUT2D eigenvalue weighted by Gasteiger charge is 2.12. The quantitative estimate of drug-likeness (QED) is 0.761. The summed E-state index contributed by atoms with van der Waals surface area (Å²) in [7, 11) is 0. The molecule has 122 valence electrons. The molecule has 1 heterocycles. The Kier molecular flexibility index (Phi) is 4.77. The van der Waals surface area contributed by atoms with Crippen LogP contribution in [-0.2, 0) is 6.61 Å². The predicted molar refractivity (Wildman–Crippen MR) is 89.2 cm³/mol. The van der Waals surface area contributed by atoms with Gasteiger partial charge in [0.1, 0.15) is 5.75 Å². The normalized spacial score (nSPS) is 10.4. The van der Waals surface area contributed by atoms with E-state index in [-0.39, 0.29) is 24.4 Å². The number of rotatable bonds is 5. The highest BCUT2D eigenvalue weighted by Crippen LogP contribution is 2.24. The smallest absolute Gasteiger partial charge is 0.322 e. The van der Waals surface area contributed by atoms with Crippen LogP contribution in [0.15, 0.2) is 52.9 Å². The summed E-state index contributed by atoms with van der Waals surface area (Å²) in [5.41, 5.74) is 1.50. The van der Waals surface area contributed by atoms with Crippen LogP contribution in [0.1, 0.15) is 21.8 Å². The van der Waals surface area contributed by atoms with Gasteiger partial charge in [-0.1, -0.05) is 46.5 Å². The minimum Gasteiger partial charge on any atom is -0.482 e. The number of hydrogen-bond acceptors (Lipinski definition) is 5. The Morgan fingerprint density at radius 1 is 1.21 bits per heavy atom. The van der Waals surface area contributed by atoms with Crippen LogP contribution in [0, 0.1) is 6.92 Å². The maximum atomic E-state index is 12.1. The predicted octanol–water partition coefficient (Wildman–Crippen LogP) is 3.86. The molecule has 1 aromatic heterocycles. The summed E-state index contributed by atoms with van der Waals surface area (Å²) in [6, 6.07) is 14.3. The molecule has 3 rings (SSSR count). The van der Waals surface area contributed by atoms with Gasteiger partial charge in [0, 0.05) is 5.56 Å². The van der Waals surface area contributed by atoms with E-state index in [2.05, 4.69) is 15.5 Å². The summed E-state index contributed by atoms with van der Waals surface area (Å²) in [5.74, 6) is 0.429. The van der Waals surface area contributed by atoms with E-state index in [1.165, 1.54) is 0 Å². The van der Waals surface area contributed by atoms with Gasteiger partial charge in [-0.25, -0.2) is 0 Å². The number of amides is 1. The van der Waals surface area contributed by atoms with Crippen molar-refractivity contribution in [3.63, 3.8) is 0 Å². The molecule has 1 amide bonds. The van der Waals surface area contributed by atoms with Gasteiger partial charge in [0.05, 0.1) is 5.02 Å². The van der Waals surface area contributed by atoms with Crippen molar-refractivity contribution in [2.24, 2.45) is 0 Å². The lowest BCUT2D eigenvalue weighted by atomic mass is 10.1. The summed E-state index contributed by atoms with van der Waals surface area (Å²) in [6.07, 6.45) is 0. The minimum absolute atomic E-state index is 0.0132. The van der Waals surface area contributed by atoms with Gasteiger partial charge >= 0.3 is 6.01 Å². The van der Waals surface area contributed by atoms with Crippen molar-refractivity contribution in [1.29, 1.82) is 0 Å². The molecule has 6 nitrogen and oxygen atoms in total. The van der Waals surface area contributed by atoms with Crippen molar-refractivity contribution >= 4 is 23.5 Å². The van der Waals surface area contributed by atoms with Gasteiger partial charge in [-0.15, -0.1) is 5.10 Å². The summed E-state index contributed by atoms with van der Waals surface area (Å²) >= 11 is 6.00. The fourth-order valence-corrected chi connectivity index (χ4v) is 2.21. The Hall–Kier alpha value is -2.86. The number of ether oxygens (including phenoxy) is 1. The SMILES string of the molecule is Cc1cccc(C(=O)Nc2nnc(COc3ccccc3Cl)o2)c1. The fourth-order valence-electron chi connectivity index (χ4n) is 2.02. The zero-order valence-electron chi connectivity index (χ0n) is 12.8. The molecule has 0 spiro atoms. The van der Waals surface area contributed by atoms with E-state index in [1.807, 2.05) is 19.1 Å². The molecular weight excluding hydrogens is 330 g/mol. The molecule has 1 N–H and O–H groups in total. The number of halogens is 1. The molecule has 0 saturated heterocycles. The number of benzene rings is 2. The second kappa shape index (κ2) is 7.14. The fraction of sp³-hybridized carbons (Fsp3) is 0.118. The van der Waals surface area contributed by atoms with Crippen molar-refractivity contribution in [2.45, 2.75) is 13.5 Å². The molecule has 24 heavy (non-hydrogen) atoms. The second-order valence-electron chi connectivity index (χ2n) is 5.04. The van der Waals surface area contributed by atoms with Crippen LogP contribution in [0.4, 0.5) is 6.01 Å². The zero-order valence-corrected chi connectivity index (χ0v) is 13.6. The van der Waals surface area contributed by atoms with Crippen molar-refractivity contribution in [2.75, 3.05) is 5.32 Å². The molecule has 3 aromatic rings. The Morgan fingerprint density at radius 2 is 2.04 bits per heavy atom. The van der Waals surface area contributed by atoms with E-state index >= 15 is 0 Å². The zero-order chi connectivity index (χ0) is 16.9. The first-order valence-corrected chi connectivity index (χ1v) is 7.57.